The molecule has 0 unspecified atom stereocenters. The van der Waals surface area contributed by atoms with Crippen LogP contribution in [0.1, 0.15) is 5.69 Å². The lowest BCUT2D eigenvalue weighted by molar-refractivity contribution is -0.671. The second kappa shape index (κ2) is 3.62. The van der Waals surface area contributed by atoms with Crippen LogP contribution < -0.4 is 4.57 Å². The molecule has 2 rings (SSSR count). The molecule has 0 radical (unpaired) electrons. The van der Waals surface area contributed by atoms with Gasteiger partial charge in [0.15, 0.2) is 12.4 Å². The molecule has 0 fully saturated rings. The van der Waals surface area contributed by atoms with Crippen LogP contribution in [0.4, 0.5) is 13.2 Å². The Labute approximate surface area is 89.6 Å². The summed E-state index contributed by atoms with van der Waals surface area (Å²) in [4.78, 5) is 5.94. The molecule has 0 aliphatic rings. The Bertz CT molecular complexity index is 485. The average molecular weight is 228 g/mol. The highest BCUT2D eigenvalue weighted by atomic mass is 19.4. The fraction of sp³-hybridized carbons (Fsp3) is 0.200. The van der Waals surface area contributed by atoms with Crippen molar-refractivity contribution >= 4 is 0 Å². The average Bonchev–Trinajstić information content (AvgIpc) is 2.67. The first-order chi connectivity index (χ1) is 7.47. The van der Waals surface area contributed by atoms with Crippen molar-refractivity contribution in [1.82, 2.24) is 9.97 Å². The molecule has 0 aliphatic carbocycles. The van der Waals surface area contributed by atoms with E-state index in [2.05, 4.69) is 9.97 Å². The Morgan fingerprint density at radius 2 is 1.88 bits per heavy atom. The quantitative estimate of drug-likeness (QED) is 0.743. The molecular weight excluding hydrogens is 219 g/mol. The van der Waals surface area contributed by atoms with Gasteiger partial charge in [0, 0.05) is 17.7 Å². The maximum absolute atomic E-state index is 12.3. The van der Waals surface area contributed by atoms with Gasteiger partial charge in [0.05, 0.1) is 6.20 Å². The van der Waals surface area contributed by atoms with Gasteiger partial charge in [0.1, 0.15) is 18.6 Å². The first-order valence-electron chi connectivity index (χ1n) is 4.55. The van der Waals surface area contributed by atoms with E-state index in [0.29, 0.717) is 5.56 Å². The zero-order chi connectivity index (χ0) is 11.8. The van der Waals surface area contributed by atoms with Crippen molar-refractivity contribution in [3.8, 4) is 11.4 Å². The third-order valence-electron chi connectivity index (χ3n) is 2.13. The number of imidazole rings is 1. The molecule has 2 heterocycles. The molecule has 0 spiro atoms. The van der Waals surface area contributed by atoms with Crippen LogP contribution in [0.5, 0.6) is 0 Å². The zero-order valence-electron chi connectivity index (χ0n) is 8.42. The van der Waals surface area contributed by atoms with Crippen molar-refractivity contribution in [3.05, 3.63) is 36.4 Å². The lowest BCUT2D eigenvalue weighted by atomic mass is 10.2. The topological polar surface area (TPSA) is 32.6 Å². The lowest BCUT2D eigenvalue weighted by Gasteiger charge is -2.01. The molecule has 0 bridgehead atoms. The summed E-state index contributed by atoms with van der Waals surface area (Å²) >= 11 is 0. The molecule has 0 saturated heterocycles. The number of rotatable bonds is 1. The first kappa shape index (κ1) is 10.7. The van der Waals surface area contributed by atoms with Gasteiger partial charge in [-0.15, -0.1) is 0 Å². The van der Waals surface area contributed by atoms with Gasteiger partial charge in [-0.1, -0.05) is 0 Å². The Balaban J connectivity index is 2.35. The van der Waals surface area contributed by atoms with E-state index >= 15 is 0 Å². The van der Waals surface area contributed by atoms with E-state index in [1.807, 2.05) is 7.05 Å². The summed E-state index contributed by atoms with van der Waals surface area (Å²) in [6, 6.07) is 3.39. The van der Waals surface area contributed by atoms with E-state index < -0.39 is 11.9 Å². The minimum absolute atomic E-state index is 0.216. The molecule has 3 nitrogen and oxygen atoms in total. The number of aromatic nitrogens is 3. The number of nitrogens with zero attached hydrogens (tertiary/aromatic N) is 2. The molecule has 2 aromatic rings. The molecular formula is C10H9F3N3+. The monoisotopic (exact) mass is 228 g/mol. The van der Waals surface area contributed by atoms with E-state index in [9.17, 15) is 13.2 Å². The van der Waals surface area contributed by atoms with Gasteiger partial charge in [-0.3, -0.25) is 0 Å². The summed E-state index contributed by atoms with van der Waals surface area (Å²) in [6.45, 7) is 0. The van der Waals surface area contributed by atoms with Crippen LogP contribution in [-0.4, -0.2) is 9.97 Å². The lowest BCUT2D eigenvalue weighted by Crippen LogP contribution is -2.25. The van der Waals surface area contributed by atoms with Crippen LogP contribution in [0.2, 0.25) is 0 Å². The predicted octanol–water partition coefficient (Wildman–Crippen LogP) is 1.92. The second-order valence-corrected chi connectivity index (χ2v) is 3.40. The summed E-state index contributed by atoms with van der Waals surface area (Å²) in [7, 11) is 1.83. The summed E-state index contributed by atoms with van der Waals surface area (Å²) < 4.78 is 38.7. The fourth-order valence-corrected chi connectivity index (χ4v) is 1.27. The Hall–Kier alpha value is -1.85. The number of H-pyrrole nitrogens is 1. The third-order valence-corrected chi connectivity index (χ3v) is 2.13. The number of aromatic amines is 1. The highest BCUT2D eigenvalue weighted by Crippen LogP contribution is 2.28. The minimum atomic E-state index is -4.38. The smallest absolute Gasteiger partial charge is 0.334 e. The van der Waals surface area contributed by atoms with Gasteiger partial charge < -0.3 is 4.98 Å². The van der Waals surface area contributed by atoms with E-state index in [4.69, 9.17) is 0 Å². The van der Waals surface area contributed by atoms with Crippen molar-refractivity contribution in [3.63, 3.8) is 0 Å². The van der Waals surface area contributed by atoms with Gasteiger partial charge in [-0.2, -0.15) is 13.2 Å². The minimum Gasteiger partial charge on any atom is -0.334 e. The number of aryl methyl sites for hydroxylation is 1. The summed E-state index contributed by atoms with van der Waals surface area (Å²) in [6.07, 6.45) is -0.108. The summed E-state index contributed by atoms with van der Waals surface area (Å²) in [5.74, 6) is 0.216. The normalized spacial score (nSPS) is 11.8. The molecule has 0 aliphatic heterocycles. The van der Waals surface area contributed by atoms with Crippen LogP contribution in [0.25, 0.3) is 11.4 Å². The van der Waals surface area contributed by atoms with Gasteiger partial charge in [-0.05, 0) is 0 Å². The highest BCUT2D eigenvalue weighted by Gasteiger charge is 2.33. The molecule has 0 amide bonds. The number of nitrogens with one attached hydrogen (secondary N) is 1. The Morgan fingerprint density at radius 3 is 2.38 bits per heavy atom. The maximum atomic E-state index is 12.3. The van der Waals surface area contributed by atoms with E-state index in [1.165, 1.54) is 0 Å². The molecule has 1 N–H and O–H groups in total. The van der Waals surface area contributed by atoms with E-state index in [-0.39, 0.29) is 5.82 Å². The molecule has 0 aromatic carbocycles. The molecule has 0 atom stereocenters. The maximum Gasteiger partial charge on any atom is 0.432 e. The molecule has 84 valence electrons. The largest absolute Gasteiger partial charge is 0.432 e. The SMILES string of the molecule is C[n+]1ccc(-c2ncc(C(F)(F)F)[nH]2)cc1. The van der Waals surface area contributed by atoms with Crippen LogP contribution in [-0.2, 0) is 13.2 Å². The van der Waals surface area contributed by atoms with Crippen molar-refractivity contribution in [1.29, 1.82) is 0 Å². The Morgan fingerprint density at radius 1 is 1.25 bits per heavy atom. The molecule has 6 heteroatoms. The van der Waals surface area contributed by atoms with Gasteiger partial charge in [-0.25, -0.2) is 9.55 Å². The fourth-order valence-electron chi connectivity index (χ4n) is 1.27. The Kier molecular flexibility index (Phi) is 2.41. The molecule has 16 heavy (non-hydrogen) atoms. The standard InChI is InChI=1S/C10H8F3N3/c1-16-4-2-7(3-5-16)9-14-6-8(15-9)10(11,12)13/h2-6H,1H3/p+1. The van der Waals surface area contributed by atoms with E-state index in [0.717, 1.165) is 6.20 Å². The third kappa shape index (κ3) is 2.05. The predicted molar refractivity (Wildman–Crippen MR) is 50.2 cm³/mol. The van der Waals surface area contributed by atoms with E-state index in [1.54, 1.807) is 29.1 Å². The second-order valence-electron chi connectivity index (χ2n) is 3.40. The number of pyridine rings is 1. The highest BCUT2D eigenvalue weighted by molar-refractivity contribution is 5.53. The van der Waals surface area contributed by atoms with Crippen molar-refractivity contribution < 1.29 is 17.7 Å². The van der Waals surface area contributed by atoms with Gasteiger partial charge in [0.25, 0.3) is 0 Å². The number of hydrogen-bond donors (Lipinski definition) is 1. The zero-order valence-corrected chi connectivity index (χ0v) is 8.42. The van der Waals surface area contributed by atoms with Crippen LogP contribution in [0.15, 0.2) is 30.7 Å². The van der Waals surface area contributed by atoms with Crippen molar-refractivity contribution in [2.24, 2.45) is 7.05 Å². The van der Waals surface area contributed by atoms with Gasteiger partial charge >= 0.3 is 6.18 Å². The van der Waals surface area contributed by atoms with Crippen molar-refractivity contribution in [2.75, 3.05) is 0 Å². The van der Waals surface area contributed by atoms with Crippen molar-refractivity contribution in [2.45, 2.75) is 6.18 Å². The summed E-state index contributed by atoms with van der Waals surface area (Å²) in [5, 5.41) is 0. The van der Waals surface area contributed by atoms with Crippen LogP contribution >= 0.6 is 0 Å². The first-order valence-corrected chi connectivity index (χ1v) is 4.55. The van der Waals surface area contributed by atoms with Crippen LogP contribution in [0.3, 0.4) is 0 Å². The van der Waals surface area contributed by atoms with Crippen LogP contribution in [0, 0.1) is 0 Å². The summed E-state index contributed by atoms with van der Waals surface area (Å²) in [5.41, 5.74) is -0.218. The number of hydrogen-bond acceptors (Lipinski definition) is 1. The molecule has 2 aromatic heterocycles. The number of halogens is 3. The number of alkyl halides is 3. The van der Waals surface area contributed by atoms with Gasteiger partial charge in [0.2, 0.25) is 0 Å². The molecule has 0 saturated carbocycles.